The highest BCUT2D eigenvalue weighted by atomic mass is 16.6. The van der Waals surface area contributed by atoms with Crippen molar-refractivity contribution in [1.29, 1.82) is 0 Å². The van der Waals surface area contributed by atoms with Crippen LogP contribution in [-0.2, 0) is 11.2 Å². The third-order valence-electron chi connectivity index (χ3n) is 2.00. The van der Waals surface area contributed by atoms with E-state index in [1.807, 2.05) is 0 Å². The molecule has 0 bridgehead atoms. The Morgan fingerprint density at radius 3 is 2.72 bits per heavy atom. The number of carbonyl (C=O) groups excluding carboxylic acids is 1. The number of phenols is 1. The number of aromatic hydroxyl groups is 1. The first-order chi connectivity index (χ1) is 8.31. The molecule has 0 spiro atoms. The summed E-state index contributed by atoms with van der Waals surface area (Å²) < 4.78 is 5.10. The van der Waals surface area contributed by atoms with Crippen LogP contribution in [0.25, 0.3) is 0 Å². The van der Waals surface area contributed by atoms with Crippen molar-refractivity contribution in [2.75, 3.05) is 5.32 Å². The molecule has 0 aliphatic rings. The van der Waals surface area contributed by atoms with E-state index in [2.05, 4.69) is 11.2 Å². The van der Waals surface area contributed by atoms with Crippen molar-refractivity contribution in [3.05, 3.63) is 23.8 Å². The summed E-state index contributed by atoms with van der Waals surface area (Å²) in [5, 5.41) is 12.1. The van der Waals surface area contributed by atoms with E-state index in [4.69, 9.17) is 11.2 Å². The predicted octanol–water partition coefficient (Wildman–Crippen LogP) is 2.91. The first-order valence-electron chi connectivity index (χ1n) is 5.57. The minimum atomic E-state index is -0.615. The van der Waals surface area contributed by atoms with Gasteiger partial charge in [-0.1, -0.05) is 6.07 Å². The fourth-order valence-electron chi connectivity index (χ4n) is 1.32. The lowest BCUT2D eigenvalue weighted by molar-refractivity contribution is 0.0635. The van der Waals surface area contributed by atoms with Crippen LogP contribution in [0.15, 0.2) is 18.2 Å². The van der Waals surface area contributed by atoms with E-state index >= 15 is 0 Å². The lowest BCUT2D eigenvalue weighted by Gasteiger charge is -2.20. The molecule has 0 fully saturated rings. The van der Waals surface area contributed by atoms with Crippen LogP contribution in [0.2, 0.25) is 0 Å². The molecule has 0 aliphatic carbocycles. The number of benzene rings is 1. The zero-order chi connectivity index (χ0) is 13.8. The number of anilines is 1. The molecule has 96 valence electrons. The molecule has 0 saturated carbocycles. The quantitative estimate of drug-likeness (QED) is 0.624. The molecule has 2 N–H and O–H groups in total. The molecular formula is C14H17NO3. The second-order valence-electron chi connectivity index (χ2n) is 4.86. The maximum atomic E-state index is 11.6. The Morgan fingerprint density at radius 1 is 1.50 bits per heavy atom. The van der Waals surface area contributed by atoms with E-state index in [1.54, 1.807) is 32.9 Å². The monoisotopic (exact) mass is 247 g/mol. The number of carbonyl (C=O) groups is 1. The van der Waals surface area contributed by atoms with E-state index in [-0.39, 0.29) is 11.4 Å². The first kappa shape index (κ1) is 13.9. The van der Waals surface area contributed by atoms with Gasteiger partial charge in [0.05, 0.1) is 5.69 Å². The van der Waals surface area contributed by atoms with Gasteiger partial charge in [0.1, 0.15) is 11.4 Å². The third kappa shape index (κ3) is 4.38. The van der Waals surface area contributed by atoms with Crippen LogP contribution in [0, 0.1) is 12.3 Å². The molecule has 1 amide bonds. The van der Waals surface area contributed by atoms with Gasteiger partial charge in [0.15, 0.2) is 0 Å². The van der Waals surface area contributed by atoms with Crippen LogP contribution >= 0.6 is 0 Å². The van der Waals surface area contributed by atoms with Crippen LogP contribution in [-0.4, -0.2) is 16.8 Å². The highest BCUT2D eigenvalue weighted by Gasteiger charge is 2.17. The molecule has 1 aromatic carbocycles. The van der Waals surface area contributed by atoms with Crippen LogP contribution in [0.1, 0.15) is 26.3 Å². The number of hydrogen-bond donors (Lipinski definition) is 2. The van der Waals surface area contributed by atoms with Gasteiger partial charge in [-0.05, 0) is 38.5 Å². The molecule has 0 unspecified atom stereocenters. The average molecular weight is 247 g/mol. The summed E-state index contributed by atoms with van der Waals surface area (Å²) in [6, 6.07) is 4.81. The Kier molecular flexibility index (Phi) is 4.22. The average Bonchev–Trinajstić information content (AvgIpc) is 2.20. The normalized spacial score (nSPS) is 10.6. The third-order valence-corrected chi connectivity index (χ3v) is 2.00. The fourth-order valence-corrected chi connectivity index (χ4v) is 1.32. The molecule has 0 aromatic heterocycles. The summed E-state index contributed by atoms with van der Waals surface area (Å²) in [5.41, 5.74) is 0.536. The number of nitrogens with one attached hydrogen (secondary N) is 1. The van der Waals surface area contributed by atoms with Crippen molar-refractivity contribution in [3.8, 4) is 18.1 Å². The molecule has 0 radical (unpaired) electrons. The lowest BCUT2D eigenvalue weighted by atomic mass is 10.1. The molecule has 1 aromatic rings. The van der Waals surface area contributed by atoms with Crippen molar-refractivity contribution in [2.45, 2.75) is 32.8 Å². The molecule has 4 heteroatoms. The minimum Gasteiger partial charge on any atom is -0.506 e. The molecule has 18 heavy (non-hydrogen) atoms. The highest BCUT2D eigenvalue weighted by molar-refractivity contribution is 5.87. The van der Waals surface area contributed by atoms with Crippen LogP contribution in [0.5, 0.6) is 5.75 Å². The number of ether oxygens (including phenoxy) is 1. The molecule has 0 saturated heterocycles. The molecular weight excluding hydrogens is 230 g/mol. The summed E-state index contributed by atoms with van der Waals surface area (Å²) in [5.74, 6) is 2.47. The highest BCUT2D eigenvalue weighted by Crippen LogP contribution is 2.25. The Labute approximate surface area is 107 Å². The Morgan fingerprint density at radius 2 is 2.17 bits per heavy atom. The van der Waals surface area contributed by atoms with E-state index in [0.717, 1.165) is 5.56 Å². The van der Waals surface area contributed by atoms with Gasteiger partial charge < -0.3 is 9.84 Å². The van der Waals surface area contributed by atoms with Crippen molar-refractivity contribution >= 4 is 11.8 Å². The van der Waals surface area contributed by atoms with Gasteiger partial charge in [-0.25, -0.2) is 4.79 Å². The summed E-state index contributed by atoms with van der Waals surface area (Å²) in [6.45, 7) is 5.30. The van der Waals surface area contributed by atoms with Crippen molar-refractivity contribution in [3.63, 3.8) is 0 Å². The SMILES string of the molecule is C#CCc1ccc(O)c(NC(=O)OC(C)(C)C)c1. The van der Waals surface area contributed by atoms with Gasteiger partial charge in [-0.2, -0.15) is 0 Å². The Hall–Kier alpha value is -2.15. The zero-order valence-corrected chi connectivity index (χ0v) is 10.8. The predicted molar refractivity (Wildman–Crippen MR) is 70.5 cm³/mol. The van der Waals surface area contributed by atoms with E-state index in [9.17, 15) is 9.90 Å². The number of terminal acetylenes is 1. The lowest BCUT2D eigenvalue weighted by Crippen LogP contribution is -2.27. The van der Waals surface area contributed by atoms with Gasteiger partial charge in [0.2, 0.25) is 0 Å². The van der Waals surface area contributed by atoms with Crippen molar-refractivity contribution in [1.82, 2.24) is 0 Å². The second-order valence-corrected chi connectivity index (χ2v) is 4.86. The molecule has 4 nitrogen and oxygen atoms in total. The van der Waals surface area contributed by atoms with Crippen molar-refractivity contribution in [2.24, 2.45) is 0 Å². The van der Waals surface area contributed by atoms with Crippen LogP contribution in [0.4, 0.5) is 10.5 Å². The minimum absolute atomic E-state index is 0.0263. The Balaban J connectivity index is 2.81. The van der Waals surface area contributed by atoms with Crippen LogP contribution < -0.4 is 5.32 Å². The van der Waals surface area contributed by atoms with Gasteiger partial charge in [-0.3, -0.25) is 5.32 Å². The van der Waals surface area contributed by atoms with Gasteiger partial charge >= 0.3 is 6.09 Å². The summed E-state index contributed by atoms with van der Waals surface area (Å²) in [7, 11) is 0. The Bertz CT molecular complexity index is 481. The smallest absolute Gasteiger partial charge is 0.412 e. The van der Waals surface area contributed by atoms with Gasteiger partial charge in [-0.15, -0.1) is 12.3 Å². The summed E-state index contributed by atoms with van der Waals surface area (Å²) >= 11 is 0. The van der Waals surface area contributed by atoms with Gasteiger partial charge in [0.25, 0.3) is 0 Å². The van der Waals surface area contributed by atoms with Crippen molar-refractivity contribution < 1.29 is 14.6 Å². The molecule has 1 rings (SSSR count). The van der Waals surface area contributed by atoms with E-state index < -0.39 is 11.7 Å². The zero-order valence-electron chi connectivity index (χ0n) is 10.8. The second kappa shape index (κ2) is 5.46. The molecule has 0 aliphatic heterocycles. The number of amides is 1. The van der Waals surface area contributed by atoms with Gasteiger partial charge in [0, 0.05) is 6.42 Å². The first-order valence-corrected chi connectivity index (χ1v) is 5.57. The van der Waals surface area contributed by atoms with Crippen LogP contribution in [0.3, 0.4) is 0 Å². The number of rotatable bonds is 2. The number of phenolic OH excluding ortho intramolecular Hbond substituents is 1. The number of hydrogen-bond acceptors (Lipinski definition) is 3. The van der Waals surface area contributed by atoms with E-state index in [0.29, 0.717) is 6.42 Å². The maximum Gasteiger partial charge on any atom is 0.412 e. The maximum absolute atomic E-state index is 11.6. The van der Waals surface area contributed by atoms with E-state index in [1.165, 1.54) is 6.07 Å². The summed E-state index contributed by atoms with van der Waals surface area (Å²) in [6.07, 6.45) is 5.03. The topological polar surface area (TPSA) is 58.6 Å². The summed E-state index contributed by atoms with van der Waals surface area (Å²) in [4.78, 5) is 11.6. The molecule has 0 atom stereocenters. The fraction of sp³-hybridized carbons (Fsp3) is 0.357. The molecule has 0 heterocycles. The largest absolute Gasteiger partial charge is 0.506 e. The standard InChI is InChI=1S/C14H17NO3/c1-5-6-10-7-8-12(16)11(9-10)15-13(17)18-14(2,3)4/h1,7-9,16H,6H2,2-4H3,(H,15,17).